The van der Waals surface area contributed by atoms with Crippen molar-refractivity contribution in [1.82, 2.24) is 5.32 Å². The van der Waals surface area contributed by atoms with E-state index in [9.17, 15) is 9.59 Å². The predicted octanol–water partition coefficient (Wildman–Crippen LogP) is 0.319. The van der Waals surface area contributed by atoms with Crippen molar-refractivity contribution < 1.29 is 9.59 Å². The van der Waals surface area contributed by atoms with Gasteiger partial charge in [-0.2, -0.15) is 0 Å². The molecule has 74 valence electrons. The van der Waals surface area contributed by atoms with Gasteiger partial charge in [0, 0.05) is 17.2 Å². The third-order valence-electron chi connectivity index (χ3n) is 4.95. The van der Waals surface area contributed by atoms with Gasteiger partial charge in [0.1, 0.15) is 0 Å². The van der Waals surface area contributed by atoms with Crippen molar-refractivity contribution in [1.29, 1.82) is 0 Å². The molecule has 3 unspecified atom stereocenters. The Hall–Kier alpha value is -0.570. The maximum Gasteiger partial charge on any atom is 0.227 e. The van der Waals surface area contributed by atoms with Crippen LogP contribution in [0.1, 0.15) is 12.8 Å². The zero-order valence-electron chi connectivity index (χ0n) is 7.55. The molecule has 0 bridgehead atoms. The first-order chi connectivity index (χ1) is 6.68. The van der Waals surface area contributed by atoms with Gasteiger partial charge in [-0.05, 0) is 18.8 Å². The quantitative estimate of drug-likeness (QED) is 0.635. The highest BCUT2D eigenvalue weighted by Crippen LogP contribution is 2.84. The van der Waals surface area contributed by atoms with Gasteiger partial charge in [-0.15, -0.1) is 11.6 Å². The maximum atomic E-state index is 11.8. The number of rotatable bonds is 1. The minimum absolute atomic E-state index is 0.0285. The Bertz CT molecular complexity index is 396. The van der Waals surface area contributed by atoms with Crippen LogP contribution in [0.5, 0.6) is 0 Å². The normalized spacial score (nSPS) is 61.6. The van der Waals surface area contributed by atoms with Gasteiger partial charge in [-0.3, -0.25) is 9.59 Å². The van der Waals surface area contributed by atoms with Crippen LogP contribution in [0.15, 0.2) is 0 Å². The molecule has 0 aromatic carbocycles. The molecule has 1 saturated heterocycles. The molecule has 3 nitrogen and oxygen atoms in total. The molecule has 1 amide bonds. The topological polar surface area (TPSA) is 46.2 Å². The average molecular weight is 212 g/mol. The van der Waals surface area contributed by atoms with Gasteiger partial charge in [0.25, 0.3) is 0 Å². The highest BCUT2D eigenvalue weighted by atomic mass is 35.5. The Kier molecular flexibility index (Phi) is 0.963. The SMILES string of the molecule is O=C1C2CC23[C@H]1NC(=O)C31C[C@@H]1CCl. The van der Waals surface area contributed by atoms with Crippen molar-refractivity contribution >= 4 is 23.3 Å². The average Bonchev–Trinajstić information content (AvgIpc) is 3.02. The number of Topliss-reactive ketones (excluding diaryl/α,β-unsaturated/α-hetero) is 1. The van der Waals surface area contributed by atoms with E-state index in [4.69, 9.17) is 11.6 Å². The van der Waals surface area contributed by atoms with Crippen LogP contribution < -0.4 is 5.32 Å². The van der Waals surface area contributed by atoms with Gasteiger partial charge in [-0.25, -0.2) is 0 Å². The molecule has 3 aliphatic carbocycles. The monoisotopic (exact) mass is 211 g/mol. The van der Waals surface area contributed by atoms with E-state index in [1.807, 2.05) is 0 Å². The van der Waals surface area contributed by atoms with E-state index in [-0.39, 0.29) is 34.5 Å². The fourth-order valence-electron chi connectivity index (χ4n) is 4.10. The van der Waals surface area contributed by atoms with Gasteiger partial charge in [-0.1, -0.05) is 0 Å². The van der Waals surface area contributed by atoms with E-state index < -0.39 is 0 Å². The molecule has 5 atom stereocenters. The number of nitrogens with one attached hydrogen (secondary N) is 1. The lowest BCUT2D eigenvalue weighted by atomic mass is 9.70. The van der Waals surface area contributed by atoms with E-state index in [2.05, 4.69) is 5.32 Å². The van der Waals surface area contributed by atoms with Crippen LogP contribution in [0, 0.1) is 22.7 Å². The number of ketones is 1. The molecule has 2 spiro atoms. The summed E-state index contributed by atoms with van der Waals surface area (Å²) >= 11 is 5.82. The van der Waals surface area contributed by atoms with Gasteiger partial charge in [0.05, 0.1) is 11.5 Å². The smallest absolute Gasteiger partial charge is 0.227 e. The largest absolute Gasteiger partial charge is 0.345 e. The Balaban J connectivity index is 1.82. The summed E-state index contributed by atoms with van der Waals surface area (Å²) in [5.74, 6) is 1.44. The Morgan fingerprint density at radius 1 is 1.43 bits per heavy atom. The molecule has 0 radical (unpaired) electrons. The van der Waals surface area contributed by atoms with E-state index in [1.165, 1.54) is 0 Å². The first-order valence-electron chi connectivity index (χ1n) is 5.09. The van der Waals surface area contributed by atoms with Crippen molar-refractivity contribution in [2.24, 2.45) is 22.7 Å². The second-order valence-electron chi connectivity index (χ2n) is 5.13. The molecule has 3 saturated carbocycles. The standard InChI is InChI=1S/C10H10ClNO2/c11-3-4-1-9(4)8(14)12-7-6(13)5-2-10(5,7)9/h4-5,7H,1-3H2,(H,12,14)/t4-,5?,7+,9?,10?/m1/s1. The van der Waals surface area contributed by atoms with Gasteiger partial charge < -0.3 is 5.32 Å². The number of carbonyl (C=O) groups is 2. The van der Waals surface area contributed by atoms with Crippen LogP contribution in [-0.4, -0.2) is 23.6 Å². The number of hydrogen-bond acceptors (Lipinski definition) is 2. The molecular weight excluding hydrogens is 202 g/mol. The molecule has 1 N–H and O–H groups in total. The summed E-state index contributed by atoms with van der Waals surface area (Å²) in [4.78, 5) is 23.3. The van der Waals surface area contributed by atoms with E-state index in [1.54, 1.807) is 0 Å². The molecule has 4 fully saturated rings. The molecule has 0 aromatic rings. The molecular formula is C10H10ClNO2. The number of hydrogen-bond donors (Lipinski definition) is 1. The lowest BCUT2D eigenvalue weighted by Gasteiger charge is -2.30. The Morgan fingerprint density at radius 3 is 2.79 bits per heavy atom. The first kappa shape index (κ1) is 7.69. The summed E-state index contributed by atoms with van der Waals surface area (Å²) in [5, 5.41) is 2.86. The number of carbonyl (C=O) groups excluding carboxylic acids is 2. The molecule has 1 heterocycles. The van der Waals surface area contributed by atoms with Crippen molar-refractivity contribution in [3.05, 3.63) is 0 Å². The summed E-state index contributed by atoms with van der Waals surface area (Å²) in [7, 11) is 0. The highest BCUT2D eigenvalue weighted by Gasteiger charge is 2.92. The molecule has 1 aliphatic heterocycles. The Morgan fingerprint density at radius 2 is 2.21 bits per heavy atom. The predicted molar refractivity (Wildman–Crippen MR) is 48.7 cm³/mol. The lowest BCUT2D eigenvalue weighted by Crippen LogP contribution is -2.49. The zero-order valence-corrected chi connectivity index (χ0v) is 8.30. The second-order valence-corrected chi connectivity index (χ2v) is 5.44. The van der Waals surface area contributed by atoms with Crippen LogP contribution in [0.2, 0.25) is 0 Å². The summed E-state index contributed by atoms with van der Waals surface area (Å²) in [6.07, 6.45) is 1.84. The number of halogens is 1. The number of alkyl halides is 1. The maximum absolute atomic E-state index is 11.8. The Labute approximate surface area is 86.2 Å². The fourth-order valence-corrected chi connectivity index (χ4v) is 4.47. The van der Waals surface area contributed by atoms with Crippen molar-refractivity contribution in [3.8, 4) is 0 Å². The summed E-state index contributed by atoms with van der Waals surface area (Å²) in [6, 6.07) is -0.145. The van der Waals surface area contributed by atoms with Crippen LogP contribution in [0.25, 0.3) is 0 Å². The summed E-state index contributed by atoms with van der Waals surface area (Å²) < 4.78 is 0. The molecule has 0 aromatic heterocycles. The third kappa shape index (κ3) is 0.452. The van der Waals surface area contributed by atoms with Gasteiger partial charge in [0.15, 0.2) is 5.78 Å². The molecule has 4 aliphatic rings. The summed E-state index contributed by atoms with van der Waals surface area (Å²) in [6.45, 7) is 0. The summed E-state index contributed by atoms with van der Waals surface area (Å²) in [5.41, 5.74) is -0.196. The highest BCUT2D eigenvalue weighted by molar-refractivity contribution is 6.19. The van der Waals surface area contributed by atoms with Crippen LogP contribution in [0.3, 0.4) is 0 Å². The molecule has 4 heteroatoms. The molecule has 4 rings (SSSR count). The lowest BCUT2D eigenvalue weighted by molar-refractivity contribution is -0.131. The van der Waals surface area contributed by atoms with Crippen molar-refractivity contribution in [3.63, 3.8) is 0 Å². The second kappa shape index (κ2) is 1.75. The van der Waals surface area contributed by atoms with Crippen LogP contribution in [-0.2, 0) is 9.59 Å². The van der Waals surface area contributed by atoms with E-state index in [0.29, 0.717) is 11.8 Å². The minimum Gasteiger partial charge on any atom is -0.345 e. The third-order valence-corrected chi connectivity index (χ3v) is 5.32. The zero-order chi connectivity index (χ0) is 9.72. The number of amides is 1. The van der Waals surface area contributed by atoms with Crippen molar-refractivity contribution in [2.45, 2.75) is 18.9 Å². The van der Waals surface area contributed by atoms with E-state index >= 15 is 0 Å². The van der Waals surface area contributed by atoms with Crippen molar-refractivity contribution in [2.75, 3.05) is 5.88 Å². The van der Waals surface area contributed by atoms with Crippen LogP contribution in [0.4, 0.5) is 0 Å². The van der Waals surface area contributed by atoms with Gasteiger partial charge >= 0.3 is 0 Å². The molecule has 14 heavy (non-hydrogen) atoms. The first-order valence-corrected chi connectivity index (χ1v) is 5.62. The van der Waals surface area contributed by atoms with E-state index in [0.717, 1.165) is 12.8 Å². The van der Waals surface area contributed by atoms with Crippen LogP contribution >= 0.6 is 11.6 Å². The minimum atomic E-state index is -0.224. The fraction of sp³-hybridized carbons (Fsp3) is 0.800. The van der Waals surface area contributed by atoms with Gasteiger partial charge in [0.2, 0.25) is 5.91 Å².